The van der Waals surface area contributed by atoms with Crippen molar-refractivity contribution in [1.82, 2.24) is 0 Å². The number of carboxylic acid groups (broad SMARTS) is 1. The van der Waals surface area contributed by atoms with Crippen LogP contribution >= 0.6 is 11.3 Å². The van der Waals surface area contributed by atoms with Gasteiger partial charge >= 0.3 is 11.9 Å². The largest absolute Gasteiger partial charge is 0.478 e. The Bertz CT molecular complexity index is 869. The first-order chi connectivity index (χ1) is 10.8. The predicted molar refractivity (Wildman–Crippen MR) is 84.6 cm³/mol. The van der Waals surface area contributed by atoms with Crippen molar-refractivity contribution in [3.63, 3.8) is 0 Å². The van der Waals surface area contributed by atoms with Gasteiger partial charge in [-0.3, -0.25) is 4.72 Å². The van der Waals surface area contributed by atoms with Crippen molar-refractivity contribution in [2.24, 2.45) is 0 Å². The number of carbonyl (C=O) groups excluding carboxylic acids is 1. The van der Waals surface area contributed by atoms with Crippen molar-refractivity contribution >= 4 is 39.0 Å². The predicted octanol–water partition coefficient (Wildman–Crippen LogP) is 2.34. The van der Waals surface area contributed by atoms with Gasteiger partial charge in [0.1, 0.15) is 4.88 Å². The minimum absolute atomic E-state index is 0.0827. The molecule has 0 spiro atoms. The van der Waals surface area contributed by atoms with E-state index >= 15 is 0 Å². The van der Waals surface area contributed by atoms with Gasteiger partial charge < -0.3 is 9.84 Å². The molecule has 0 saturated heterocycles. The molecule has 2 N–H and O–H groups in total. The molecular weight excluding hydrogens is 342 g/mol. The SMILES string of the molecule is COC(=O)c1sccc1NS(=O)(=O)c1ccc(C)c(C(=O)O)c1. The summed E-state index contributed by atoms with van der Waals surface area (Å²) in [6, 6.07) is 5.21. The maximum atomic E-state index is 12.4. The van der Waals surface area contributed by atoms with Crippen LogP contribution in [-0.4, -0.2) is 32.6 Å². The van der Waals surface area contributed by atoms with E-state index in [9.17, 15) is 18.0 Å². The Morgan fingerprint density at radius 1 is 1.26 bits per heavy atom. The molecule has 0 bridgehead atoms. The van der Waals surface area contributed by atoms with Gasteiger partial charge in [0, 0.05) is 0 Å². The van der Waals surface area contributed by atoms with E-state index in [0.717, 1.165) is 17.4 Å². The van der Waals surface area contributed by atoms with Crippen molar-refractivity contribution in [3.8, 4) is 0 Å². The molecule has 23 heavy (non-hydrogen) atoms. The molecule has 7 nitrogen and oxygen atoms in total. The Hall–Kier alpha value is -2.39. The summed E-state index contributed by atoms with van der Waals surface area (Å²) in [5.41, 5.74) is 0.424. The van der Waals surface area contributed by atoms with Crippen LogP contribution in [0.4, 0.5) is 5.69 Å². The Kier molecular flexibility index (Phi) is 4.71. The summed E-state index contributed by atoms with van der Waals surface area (Å²) in [5.74, 6) is -1.88. The lowest BCUT2D eigenvalue weighted by Crippen LogP contribution is -2.15. The Balaban J connectivity index is 2.41. The van der Waals surface area contributed by atoms with E-state index in [0.29, 0.717) is 5.56 Å². The molecule has 2 rings (SSSR count). The number of carboxylic acids is 1. The number of esters is 1. The average Bonchev–Trinajstić information content (AvgIpc) is 2.93. The second-order valence-corrected chi connectivity index (χ2v) is 7.14. The quantitative estimate of drug-likeness (QED) is 0.797. The molecule has 0 saturated carbocycles. The van der Waals surface area contributed by atoms with Crippen LogP contribution in [0, 0.1) is 6.92 Å². The molecule has 1 aromatic heterocycles. The first-order valence-electron chi connectivity index (χ1n) is 6.29. The fourth-order valence-electron chi connectivity index (χ4n) is 1.84. The van der Waals surface area contributed by atoms with Gasteiger partial charge in [-0.1, -0.05) is 6.07 Å². The number of thiophene rings is 1. The molecule has 0 unspecified atom stereocenters. The molecule has 9 heteroatoms. The number of benzene rings is 1. The molecule has 1 heterocycles. The van der Waals surface area contributed by atoms with Gasteiger partial charge in [0.05, 0.1) is 23.3 Å². The van der Waals surface area contributed by atoms with Gasteiger partial charge in [0.25, 0.3) is 10.0 Å². The number of ether oxygens (including phenoxy) is 1. The minimum atomic E-state index is -4.03. The normalized spacial score (nSPS) is 11.0. The second-order valence-electron chi connectivity index (χ2n) is 4.54. The number of rotatable bonds is 5. The molecule has 0 aliphatic heterocycles. The second kappa shape index (κ2) is 6.39. The third kappa shape index (κ3) is 3.51. The molecule has 0 aliphatic rings. The molecule has 122 valence electrons. The van der Waals surface area contributed by atoms with Crippen molar-refractivity contribution in [2.75, 3.05) is 11.8 Å². The fraction of sp³-hybridized carbons (Fsp3) is 0.143. The molecule has 0 aliphatic carbocycles. The maximum absolute atomic E-state index is 12.4. The van der Waals surface area contributed by atoms with Crippen LogP contribution in [0.5, 0.6) is 0 Å². The average molecular weight is 355 g/mol. The zero-order valence-electron chi connectivity index (χ0n) is 12.2. The maximum Gasteiger partial charge on any atom is 0.350 e. The first kappa shape index (κ1) is 17.0. The van der Waals surface area contributed by atoms with E-state index in [4.69, 9.17) is 5.11 Å². The third-order valence-electron chi connectivity index (χ3n) is 3.03. The summed E-state index contributed by atoms with van der Waals surface area (Å²) in [6.45, 7) is 1.57. The summed E-state index contributed by atoms with van der Waals surface area (Å²) in [4.78, 5) is 22.6. The molecule has 0 amide bonds. The topological polar surface area (TPSA) is 110 Å². The zero-order valence-corrected chi connectivity index (χ0v) is 13.8. The van der Waals surface area contributed by atoms with Crippen molar-refractivity contribution in [3.05, 3.63) is 45.6 Å². The smallest absolute Gasteiger partial charge is 0.350 e. The lowest BCUT2D eigenvalue weighted by Gasteiger charge is -2.10. The number of carbonyl (C=O) groups is 2. The van der Waals surface area contributed by atoms with Gasteiger partial charge in [-0.25, -0.2) is 18.0 Å². The van der Waals surface area contributed by atoms with E-state index < -0.39 is 22.0 Å². The van der Waals surface area contributed by atoms with Crippen LogP contribution in [0.15, 0.2) is 34.5 Å². The number of nitrogens with one attached hydrogen (secondary N) is 1. The number of methoxy groups -OCH3 is 1. The number of aryl methyl sites for hydroxylation is 1. The molecular formula is C14H13NO6S2. The van der Waals surface area contributed by atoms with Crippen molar-refractivity contribution in [1.29, 1.82) is 0 Å². The van der Waals surface area contributed by atoms with Gasteiger partial charge in [-0.15, -0.1) is 11.3 Å². The van der Waals surface area contributed by atoms with Gasteiger partial charge in [0.15, 0.2) is 0 Å². The Labute approximate surface area is 136 Å². The van der Waals surface area contributed by atoms with Crippen LogP contribution in [0.25, 0.3) is 0 Å². The van der Waals surface area contributed by atoms with E-state index in [1.807, 2.05) is 0 Å². The first-order valence-corrected chi connectivity index (χ1v) is 8.65. The lowest BCUT2D eigenvalue weighted by molar-refractivity contribution is 0.0606. The number of anilines is 1. The van der Waals surface area contributed by atoms with Crippen molar-refractivity contribution in [2.45, 2.75) is 11.8 Å². The highest BCUT2D eigenvalue weighted by atomic mass is 32.2. The Morgan fingerprint density at radius 2 is 1.96 bits per heavy atom. The van der Waals surface area contributed by atoms with Gasteiger partial charge in [-0.05, 0) is 36.1 Å². The van der Waals surface area contributed by atoms with Gasteiger partial charge in [0.2, 0.25) is 0 Å². The summed E-state index contributed by atoms with van der Waals surface area (Å²) < 4.78 is 31.6. The van der Waals surface area contributed by atoms with E-state index in [-0.39, 0.29) is 21.0 Å². The van der Waals surface area contributed by atoms with Crippen LogP contribution < -0.4 is 4.72 Å². The van der Waals surface area contributed by atoms with Crippen LogP contribution in [0.3, 0.4) is 0 Å². The van der Waals surface area contributed by atoms with Gasteiger partial charge in [-0.2, -0.15) is 0 Å². The molecule has 0 atom stereocenters. The molecule has 2 aromatic rings. The Morgan fingerprint density at radius 3 is 2.57 bits per heavy atom. The van der Waals surface area contributed by atoms with E-state index in [2.05, 4.69) is 9.46 Å². The van der Waals surface area contributed by atoms with E-state index in [1.54, 1.807) is 12.3 Å². The highest BCUT2D eigenvalue weighted by molar-refractivity contribution is 7.92. The standard InChI is InChI=1S/C14H13NO6S2/c1-8-3-4-9(7-10(8)13(16)17)23(19,20)15-11-5-6-22-12(11)14(18)21-2/h3-7,15H,1-2H3,(H,16,17). The molecule has 1 aromatic carbocycles. The summed E-state index contributed by atoms with van der Waals surface area (Å²) in [5, 5.41) is 10.6. The summed E-state index contributed by atoms with van der Waals surface area (Å²) in [6.07, 6.45) is 0. The summed E-state index contributed by atoms with van der Waals surface area (Å²) >= 11 is 1.03. The van der Waals surface area contributed by atoms with Crippen molar-refractivity contribution < 1.29 is 27.9 Å². The monoisotopic (exact) mass is 355 g/mol. The number of hydrogen-bond acceptors (Lipinski definition) is 6. The molecule has 0 fully saturated rings. The summed E-state index contributed by atoms with van der Waals surface area (Å²) in [7, 11) is -2.84. The number of hydrogen-bond donors (Lipinski definition) is 2. The molecule has 0 radical (unpaired) electrons. The zero-order chi connectivity index (χ0) is 17.2. The van der Waals surface area contributed by atoms with Crippen LogP contribution in [0.1, 0.15) is 25.6 Å². The fourth-order valence-corrected chi connectivity index (χ4v) is 3.77. The third-order valence-corrected chi connectivity index (χ3v) is 5.29. The number of aromatic carboxylic acids is 1. The van der Waals surface area contributed by atoms with Crippen LogP contribution in [-0.2, 0) is 14.8 Å². The van der Waals surface area contributed by atoms with Crippen LogP contribution in [0.2, 0.25) is 0 Å². The van der Waals surface area contributed by atoms with E-state index in [1.165, 1.54) is 25.3 Å². The highest BCUT2D eigenvalue weighted by Crippen LogP contribution is 2.26. The highest BCUT2D eigenvalue weighted by Gasteiger charge is 2.22. The minimum Gasteiger partial charge on any atom is -0.478 e. The lowest BCUT2D eigenvalue weighted by atomic mass is 10.1. The number of sulfonamides is 1.